The maximum absolute atomic E-state index is 8.72. The standard InChI is InChI=1S/C17H23NOS/c19-11-3-4-15-12-16(20-14-15)13-18-9-7-17(8-10-18)5-1-2-6-17/h12,14,19H,1-2,5-11,13H2. The van der Waals surface area contributed by atoms with E-state index in [1.807, 2.05) is 0 Å². The first-order valence-electron chi connectivity index (χ1n) is 7.69. The number of nitrogens with zero attached hydrogens (tertiary/aromatic N) is 1. The molecule has 2 aliphatic rings. The fourth-order valence-corrected chi connectivity index (χ4v) is 4.56. The first-order valence-corrected chi connectivity index (χ1v) is 8.57. The Morgan fingerprint density at radius 1 is 1.20 bits per heavy atom. The summed E-state index contributed by atoms with van der Waals surface area (Å²) in [4.78, 5) is 3.99. The van der Waals surface area contributed by atoms with Gasteiger partial charge in [0, 0.05) is 22.4 Å². The molecular formula is C17H23NOS. The molecule has 0 aromatic carbocycles. The quantitative estimate of drug-likeness (QED) is 0.845. The Labute approximate surface area is 125 Å². The van der Waals surface area contributed by atoms with Crippen molar-refractivity contribution in [3.05, 3.63) is 21.9 Å². The molecule has 1 aromatic heterocycles. The van der Waals surface area contributed by atoms with Crippen LogP contribution in [0.3, 0.4) is 0 Å². The molecule has 1 aliphatic heterocycles. The summed E-state index contributed by atoms with van der Waals surface area (Å²) < 4.78 is 0. The lowest BCUT2D eigenvalue weighted by Gasteiger charge is -2.39. The maximum atomic E-state index is 8.72. The van der Waals surface area contributed by atoms with Gasteiger partial charge in [0.1, 0.15) is 6.61 Å². The Morgan fingerprint density at radius 2 is 1.95 bits per heavy atom. The lowest BCUT2D eigenvalue weighted by Crippen LogP contribution is -2.38. The second kappa shape index (κ2) is 6.30. The molecule has 2 nitrogen and oxygen atoms in total. The Hall–Kier alpha value is -0.820. The highest BCUT2D eigenvalue weighted by atomic mass is 32.1. The second-order valence-electron chi connectivity index (χ2n) is 6.24. The average molecular weight is 289 g/mol. The number of thiophene rings is 1. The Balaban J connectivity index is 1.53. The zero-order valence-electron chi connectivity index (χ0n) is 12.0. The van der Waals surface area contributed by atoms with E-state index in [1.165, 1.54) is 56.5 Å². The molecule has 1 spiro atoms. The van der Waals surface area contributed by atoms with Crippen LogP contribution >= 0.6 is 11.3 Å². The van der Waals surface area contributed by atoms with Crippen LogP contribution in [0.5, 0.6) is 0 Å². The van der Waals surface area contributed by atoms with Crippen molar-refractivity contribution >= 4 is 11.3 Å². The Kier molecular flexibility index (Phi) is 4.45. The summed E-state index contributed by atoms with van der Waals surface area (Å²) in [5, 5.41) is 10.8. The summed E-state index contributed by atoms with van der Waals surface area (Å²) in [5.74, 6) is 5.70. The van der Waals surface area contributed by atoms with E-state index in [0.717, 1.165) is 12.1 Å². The van der Waals surface area contributed by atoms with Gasteiger partial charge >= 0.3 is 0 Å². The third-order valence-corrected chi connectivity index (χ3v) is 5.85. The summed E-state index contributed by atoms with van der Waals surface area (Å²) in [5.41, 5.74) is 1.76. The van der Waals surface area contributed by atoms with Crippen molar-refractivity contribution in [3.63, 3.8) is 0 Å². The minimum Gasteiger partial charge on any atom is -0.384 e. The molecule has 0 atom stereocenters. The van der Waals surface area contributed by atoms with E-state index in [2.05, 4.69) is 28.2 Å². The van der Waals surface area contributed by atoms with E-state index in [1.54, 1.807) is 11.3 Å². The molecular weight excluding hydrogens is 266 g/mol. The molecule has 0 radical (unpaired) electrons. The van der Waals surface area contributed by atoms with Gasteiger partial charge in [-0.2, -0.15) is 0 Å². The van der Waals surface area contributed by atoms with Crippen molar-refractivity contribution in [2.75, 3.05) is 19.7 Å². The largest absolute Gasteiger partial charge is 0.384 e. The van der Waals surface area contributed by atoms with Crippen LogP contribution in [0.1, 0.15) is 49.0 Å². The van der Waals surface area contributed by atoms with Crippen LogP contribution in [-0.2, 0) is 6.54 Å². The fourth-order valence-electron chi connectivity index (χ4n) is 3.70. The first-order chi connectivity index (χ1) is 9.80. The van der Waals surface area contributed by atoms with Gasteiger partial charge in [0.15, 0.2) is 0 Å². The van der Waals surface area contributed by atoms with Gasteiger partial charge in [-0.3, -0.25) is 4.90 Å². The summed E-state index contributed by atoms with van der Waals surface area (Å²) in [6, 6.07) is 2.17. The smallest absolute Gasteiger partial charge is 0.104 e. The third kappa shape index (κ3) is 3.25. The highest BCUT2D eigenvalue weighted by Gasteiger charge is 2.36. The van der Waals surface area contributed by atoms with Crippen LogP contribution < -0.4 is 0 Å². The molecule has 2 fully saturated rings. The summed E-state index contributed by atoms with van der Waals surface area (Å²) in [6.07, 6.45) is 8.65. The van der Waals surface area contributed by atoms with Crippen LogP contribution in [0.4, 0.5) is 0 Å². The van der Waals surface area contributed by atoms with Crippen molar-refractivity contribution < 1.29 is 5.11 Å². The number of hydrogen-bond acceptors (Lipinski definition) is 3. The second-order valence-corrected chi connectivity index (χ2v) is 7.24. The number of hydrogen-bond donors (Lipinski definition) is 1. The third-order valence-electron chi connectivity index (χ3n) is 4.93. The zero-order chi connectivity index (χ0) is 13.8. The van der Waals surface area contributed by atoms with Gasteiger partial charge in [0.2, 0.25) is 0 Å². The normalized spacial score (nSPS) is 21.9. The lowest BCUT2D eigenvalue weighted by molar-refractivity contribution is 0.104. The topological polar surface area (TPSA) is 23.5 Å². The van der Waals surface area contributed by atoms with Crippen LogP contribution in [0.25, 0.3) is 0 Å². The van der Waals surface area contributed by atoms with Crippen LogP contribution in [0.2, 0.25) is 0 Å². The number of piperidine rings is 1. The van der Waals surface area contributed by atoms with E-state index < -0.39 is 0 Å². The van der Waals surface area contributed by atoms with Crippen molar-refractivity contribution in [2.24, 2.45) is 5.41 Å². The maximum Gasteiger partial charge on any atom is 0.104 e. The molecule has 1 aliphatic carbocycles. The molecule has 2 heterocycles. The van der Waals surface area contributed by atoms with Crippen molar-refractivity contribution in [2.45, 2.75) is 45.1 Å². The van der Waals surface area contributed by atoms with Crippen LogP contribution in [-0.4, -0.2) is 29.7 Å². The Morgan fingerprint density at radius 3 is 2.65 bits per heavy atom. The van der Waals surface area contributed by atoms with Crippen LogP contribution in [0, 0.1) is 17.3 Å². The van der Waals surface area contributed by atoms with Gasteiger partial charge in [-0.25, -0.2) is 0 Å². The molecule has 1 saturated carbocycles. The van der Waals surface area contributed by atoms with E-state index in [0.29, 0.717) is 5.41 Å². The van der Waals surface area contributed by atoms with Gasteiger partial charge in [0.05, 0.1) is 0 Å². The zero-order valence-corrected chi connectivity index (χ0v) is 12.8. The van der Waals surface area contributed by atoms with Crippen molar-refractivity contribution in [1.82, 2.24) is 4.90 Å². The highest BCUT2D eigenvalue weighted by molar-refractivity contribution is 7.10. The molecule has 1 N–H and O–H groups in total. The lowest BCUT2D eigenvalue weighted by atomic mass is 9.77. The first kappa shape index (κ1) is 14.1. The summed E-state index contributed by atoms with van der Waals surface area (Å²) in [7, 11) is 0. The monoisotopic (exact) mass is 289 g/mol. The molecule has 1 saturated heterocycles. The Bertz CT molecular complexity index is 495. The van der Waals surface area contributed by atoms with Gasteiger partial charge in [0.25, 0.3) is 0 Å². The predicted molar refractivity (Wildman–Crippen MR) is 83.7 cm³/mol. The minimum absolute atomic E-state index is 0.0562. The number of aliphatic hydroxyl groups excluding tert-OH is 1. The minimum atomic E-state index is -0.0562. The average Bonchev–Trinajstić information content (AvgIpc) is 3.09. The molecule has 108 valence electrons. The molecule has 1 aromatic rings. The molecule has 3 rings (SSSR count). The molecule has 0 bridgehead atoms. The van der Waals surface area contributed by atoms with E-state index in [9.17, 15) is 0 Å². The number of likely N-dealkylation sites (tertiary alicyclic amines) is 1. The summed E-state index contributed by atoms with van der Waals surface area (Å²) in [6.45, 7) is 3.53. The highest BCUT2D eigenvalue weighted by Crippen LogP contribution is 2.46. The van der Waals surface area contributed by atoms with Gasteiger partial charge < -0.3 is 5.11 Å². The van der Waals surface area contributed by atoms with Crippen molar-refractivity contribution in [1.29, 1.82) is 0 Å². The molecule has 3 heteroatoms. The van der Waals surface area contributed by atoms with Gasteiger partial charge in [-0.15, -0.1) is 11.3 Å². The summed E-state index contributed by atoms with van der Waals surface area (Å²) >= 11 is 1.79. The fraction of sp³-hybridized carbons (Fsp3) is 0.647. The van der Waals surface area contributed by atoms with Gasteiger partial charge in [-0.1, -0.05) is 24.7 Å². The molecule has 0 unspecified atom stereocenters. The van der Waals surface area contributed by atoms with Crippen molar-refractivity contribution in [3.8, 4) is 11.8 Å². The predicted octanol–water partition coefficient (Wildman–Crippen LogP) is 3.25. The number of aliphatic hydroxyl groups is 1. The molecule has 20 heavy (non-hydrogen) atoms. The van der Waals surface area contributed by atoms with Gasteiger partial charge in [-0.05, 0) is 50.3 Å². The number of rotatable bonds is 2. The SMILES string of the molecule is OCC#Cc1csc(CN2CCC3(CCCC3)CC2)c1. The van der Waals surface area contributed by atoms with E-state index >= 15 is 0 Å². The van der Waals surface area contributed by atoms with E-state index in [-0.39, 0.29) is 6.61 Å². The van der Waals surface area contributed by atoms with Crippen LogP contribution in [0.15, 0.2) is 11.4 Å². The molecule has 0 amide bonds. The van der Waals surface area contributed by atoms with E-state index in [4.69, 9.17) is 5.11 Å².